The highest BCUT2D eigenvalue weighted by atomic mass is 35.5. The van der Waals surface area contributed by atoms with Gasteiger partial charge < -0.3 is 9.80 Å². The highest BCUT2D eigenvalue weighted by Gasteiger charge is 2.35. The van der Waals surface area contributed by atoms with Crippen LogP contribution in [0.2, 0.25) is 20.1 Å². The number of hydrogen-bond acceptors (Lipinski definition) is 3. The van der Waals surface area contributed by atoms with Crippen LogP contribution in [0.4, 0.5) is 0 Å². The number of thiophene rings is 1. The van der Waals surface area contributed by atoms with E-state index in [9.17, 15) is 9.59 Å². The van der Waals surface area contributed by atoms with E-state index in [1.807, 2.05) is 36.3 Å². The Bertz CT molecular complexity index is 1260. The molecular weight excluding hydrogens is 546 g/mol. The zero-order valence-electron chi connectivity index (χ0n) is 19.2. The normalized spacial score (nSPS) is 15.3. The van der Waals surface area contributed by atoms with Crippen molar-refractivity contribution in [3.8, 4) is 0 Å². The molecule has 0 fully saturated rings. The Morgan fingerprint density at radius 2 is 1.77 bits per heavy atom. The number of nitrogens with zero attached hydrogens (tertiary/aromatic N) is 2. The molecule has 3 aromatic rings. The van der Waals surface area contributed by atoms with Crippen molar-refractivity contribution >= 4 is 69.6 Å². The van der Waals surface area contributed by atoms with E-state index in [-0.39, 0.29) is 30.3 Å². The van der Waals surface area contributed by atoms with E-state index in [1.54, 1.807) is 46.6 Å². The SMILES string of the molecule is CC(C)CN(CC(=O)N1CCc2sccc2C1c1ccc(Cl)cc1Cl)C(=O)c1ccc(Cl)c(Cl)c1. The van der Waals surface area contributed by atoms with Gasteiger partial charge in [-0.3, -0.25) is 9.59 Å². The van der Waals surface area contributed by atoms with Crippen LogP contribution in [0.5, 0.6) is 0 Å². The summed E-state index contributed by atoms with van der Waals surface area (Å²) in [5.74, 6) is -0.243. The van der Waals surface area contributed by atoms with Crippen LogP contribution in [0.1, 0.15) is 46.3 Å². The maximum absolute atomic E-state index is 13.8. The molecule has 1 aromatic heterocycles. The molecule has 0 radical (unpaired) electrons. The molecule has 1 aliphatic rings. The minimum Gasteiger partial charge on any atom is -0.330 e. The Labute approximate surface area is 229 Å². The van der Waals surface area contributed by atoms with Crippen LogP contribution in [-0.2, 0) is 11.2 Å². The molecule has 0 saturated carbocycles. The molecule has 0 spiro atoms. The highest BCUT2D eigenvalue weighted by molar-refractivity contribution is 7.10. The molecule has 9 heteroatoms. The van der Waals surface area contributed by atoms with E-state index in [0.29, 0.717) is 38.7 Å². The summed E-state index contributed by atoms with van der Waals surface area (Å²) in [6.45, 7) is 4.92. The second-order valence-corrected chi connectivity index (χ2v) is 11.6. The van der Waals surface area contributed by atoms with Gasteiger partial charge in [0.05, 0.1) is 16.1 Å². The highest BCUT2D eigenvalue weighted by Crippen LogP contribution is 2.41. The van der Waals surface area contributed by atoms with Crippen LogP contribution in [0, 0.1) is 5.92 Å². The largest absolute Gasteiger partial charge is 0.330 e. The standard InChI is InChI=1S/C26H24Cl4N2O2S/c1-15(2)13-31(26(34)16-3-6-20(28)22(30)11-16)14-24(33)32-9-7-23-19(8-10-35-23)25(32)18-5-4-17(27)12-21(18)29/h3-6,8,10-12,15,25H,7,9,13-14H2,1-2H3. The minimum absolute atomic E-state index is 0.0571. The van der Waals surface area contributed by atoms with Crippen LogP contribution in [0.3, 0.4) is 0 Å². The topological polar surface area (TPSA) is 40.6 Å². The van der Waals surface area contributed by atoms with Crippen molar-refractivity contribution in [2.75, 3.05) is 19.6 Å². The van der Waals surface area contributed by atoms with Gasteiger partial charge in [0.25, 0.3) is 5.91 Å². The monoisotopic (exact) mass is 568 g/mol. The molecule has 2 aromatic carbocycles. The molecule has 35 heavy (non-hydrogen) atoms. The molecule has 4 nitrogen and oxygen atoms in total. The van der Waals surface area contributed by atoms with Crippen molar-refractivity contribution in [3.05, 3.63) is 89.5 Å². The van der Waals surface area contributed by atoms with Crippen molar-refractivity contribution in [1.29, 1.82) is 0 Å². The fourth-order valence-corrected chi connectivity index (χ4v) is 6.08. The lowest BCUT2D eigenvalue weighted by molar-refractivity contribution is -0.134. The average Bonchev–Trinajstić information content (AvgIpc) is 3.28. The Morgan fingerprint density at radius 3 is 2.46 bits per heavy atom. The summed E-state index contributed by atoms with van der Waals surface area (Å²) < 4.78 is 0. The van der Waals surface area contributed by atoms with Crippen molar-refractivity contribution in [1.82, 2.24) is 9.80 Å². The quantitative estimate of drug-likeness (QED) is 0.306. The molecular formula is C26H24Cl4N2O2S. The molecule has 0 N–H and O–H groups in total. The van der Waals surface area contributed by atoms with Crippen molar-refractivity contribution in [2.45, 2.75) is 26.3 Å². The number of carbonyl (C=O) groups is 2. The van der Waals surface area contributed by atoms with Gasteiger partial charge in [-0.1, -0.05) is 66.3 Å². The molecule has 0 aliphatic carbocycles. The lowest BCUT2D eigenvalue weighted by Crippen LogP contribution is -2.47. The van der Waals surface area contributed by atoms with Gasteiger partial charge in [-0.25, -0.2) is 0 Å². The first-order valence-electron chi connectivity index (χ1n) is 11.2. The maximum atomic E-state index is 13.8. The first-order chi connectivity index (χ1) is 16.7. The van der Waals surface area contributed by atoms with Crippen LogP contribution in [0.25, 0.3) is 0 Å². The number of carbonyl (C=O) groups excluding carboxylic acids is 2. The van der Waals surface area contributed by atoms with Gasteiger partial charge in [-0.15, -0.1) is 11.3 Å². The Kier molecular flexibility index (Phi) is 8.34. The Morgan fingerprint density at radius 1 is 1.00 bits per heavy atom. The third-order valence-electron chi connectivity index (χ3n) is 5.91. The van der Waals surface area contributed by atoms with E-state index < -0.39 is 0 Å². The molecule has 1 atom stereocenters. The maximum Gasteiger partial charge on any atom is 0.254 e. The van der Waals surface area contributed by atoms with Gasteiger partial charge in [0.15, 0.2) is 0 Å². The van der Waals surface area contributed by atoms with Gasteiger partial charge in [-0.05, 0) is 65.2 Å². The molecule has 0 saturated heterocycles. The summed E-state index contributed by atoms with van der Waals surface area (Å²) in [7, 11) is 0. The fourth-order valence-electron chi connectivity index (χ4n) is 4.37. The van der Waals surface area contributed by atoms with Crippen molar-refractivity contribution < 1.29 is 9.59 Å². The molecule has 2 heterocycles. The third-order valence-corrected chi connectivity index (χ3v) is 8.21. The molecule has 184 valence electrons. The summed E-state index contributed by atoms with van der Waals surface area (Å²) in [5, 5.41) is 3.75. The number of amides is 2. The fraction of sp³-hybridized carbons (Fsp3) is 0.308. The van der Waals surface area contributed by atoms with Gasteiger partial charge in [0.2, 0.25) is 5.91 Å². The number of halogens is 4. The lowest BCUT2D eigenvalue weighted by Gasteiger charge is -2.38. The molecule has 2 amide bonds. The smallest absolute Gasteiger partial charge is 0.254 e. The van der Waals surface area contributed by atoms with Crippen LogP contribution >= 0.6 is 57.7 Å². The predicted molar refractivity (Wildman–Crippen MR) is 145 cm³/mol. The second kappa shape index (κ2) is 11.1. The van der Waals surface area contributed by atoms with E-state index in [1.165, 1.54) is 4.88 Å². The molecule has 1 aliphatic heterocycles. The van der Waals surface area contributed by atoms with Crippen LogP contribution in [-0.4, -0.2) is 41.2 Å². The van der Waals surface area contributed by atoms with Gasteiger partial charge >= 0.3 is 0 Å². The van der Waals surface area contributed by atoms with E-state index in [2.05, 4.69) is 0 Å². The number of benzene rings is 2. The zero-order chi connectivity index (χ0) is 25.3. The number of hydrogen-bond donors (Lipinski definition) is 0. The van der Waals surface area contributed by atoms with E-state index in [4.69, 9.17) is 46.4 Å². The summed E-state index contributed by atoms with van der Waals surface area (Å²) in [5.41, 5.74) is 2.27. The first kappa shape index (κ1) is 26.3. The third kappa shape index (κ3) is 5.81. The van der Waals surface area contributed by atoms with Crippen molar-refractivity contribution in [3.63, 3.8) is 0 Å². The van der Waals surface area contributed by atoms with Crippen molar-refractivity contribution in [2.24, 2.45) is 5.92 Å². The molecule has 0 bridgehead atoms. The lowest BCUT2D eigenvalue weighted by atomic mass is 9.93. The van der Waals surface area contributed by atoms with Crippen LogP contribution < -0.4 is 0 Å². The minimum atomic E-state index is -0.344. The zero-order valence-corrected chi connectivity index (χ0v) is 23.1. The summed E-state index contributed by atoms with van der Waals surface area (Å²) >= 11 is 26.6. The number of fused-ring (bicyclic) bond motifs is 1. The summed E-state index contributed by atoms with van der Waals surface area (Å²) in [4.78, 5) is 31.8. The average molecular weight is 570 g/mol. The Balaban J connectivity index is 1.65. The van der Waals surface area contributed by atoms with Gasteiger partial charge in [0, 0.05) is 33.6 Å². The summed E-state index contributed by atoms with van der Waals surface area (Å²) in [6, 6.07) is 11.8. The van der Waals surface area contributed by atoms with Gasteiger partial charge in [0.1, 0.15) is 6.54 Å². The predicted octanol–water partition coefficient (Wildman–Crippen LogP) is 7.63. The van der Waals surface area contributed by atoms with E-state index >= 15 is 0 Å². The first-order valence-corrected chi connectivity index (χ1v) is 13.6. The second-order valence-electron chi connectivity index (χ2n) is 8.91. The molecule has 1 unspecified atom stereocenters. The van der Waals surface area contributed by atoms with E-state index in [0.717, 1.165) is 17.5 Å². The number of rotatable bonds is 6. The van der Waals surface area contributed by atoms with Gasteiger partial charge in [-0.2, -0.15) is 0 Å². The van der Waals surface area contributed by atoms with Crippen LogP contribution in [0.15, 0.2) is 47.8 Å². The molecule has 4 rings (SSSR count). The summed E-state index contributed by atoms with van der Waals surface area (Å²) in [6.07, 6.45) is 0.755. The Hall–Kier alpha value is -1.76.